The molecule has 0 atom stereocenters. The van der Waals surface area contributed by atoms with E-state index in [4.69, 9.17) is 36.5 Å². The van der Waals surface area contributed by atoms with E-state index in [2.05, 4.69) is 49.0 Å². The van der Waals surface area contributed by atoms with Gasteiger partial charge in [-0.25, -0.2) is 19.9 Å². The number of hydrogen-bond acceptors (Lipinski definition) is 12. The molecule has 0 amide bonds. The maximum Gasteiger partial charge on any atom is 0.169 e. The fraction of sp³-hybridized carbons (Fsp3) is 0.150. The van der Waals surface area contributed by atoms with Crippen LogP contribution in [0.3, 0.4) is 0 Å². The summed E-state index contributed by atoms with van der Waals surface area (Å²) in [4.78, 5) is 17.2. The number of ether oxygens (including phenoxy) is 5. The number of halogens is 1. The average molecular weight is 733 g/mol. The number of methoxy groups -OCH3 is 2. The Balaban J connectivity index is 0.000000233. The minimum absolute atomic E-state index is 0. The number of fused-ring (bicyclic) bond motifs is 2. The van der Waals surface area contributed by atoms with Crippen molar-refractivity contribution in [3.05, 3.63) is 109 Å². The van der Waals surface area contributed by atoms with Crippen molar-refractivity contribution >= 4 is 57.2 Å². The predicted molar refractivity (Wildman–Crippen MR) is 209 cm³/mol. The zero-order valence-corrected chi connectivity index (χ0v) is 29.9. The lowest BCUT2D eigenvalue weighted by Crippen LogP contribution is -2.05. The standard InChI is InChI=1S/C21H19N3O3.C19H17N3O3.ClH/c1-4-15-7-6-8-16(11-15)24-21-17-12-19(26-5-2)20(27-10-9-25-3)13-18(17)22-14-23-21;1-3-13-5-4-6-14(9-13)22-19-15-10-17(23)18(25-8-7-24-2)11-16(15)20-12-21-19;/h1,5-8,11-14H,2,9-10H2,3H3,(H,22,23,24);1,4-6,9-12,23H,7-8H2,2H3,(H,20,21,22);1H. The average Bonchev–Trinajstić information content (AvgIpc) is 3.16. The van der Waals surface area contributed by atoms with Crippen molar-refractivity contribution in [3.63, 3.8) is 0 Å². The smallest absolute Gasteiger partial charge is 0.169 e. The van der Waals surface area contributed by atoms with Gasteiger partial charge in [0.15, 0.2) is 23.0 Å². The highest BCUT2D eigenvalue weighted by Crippen LogP contribution is 2.36. The lowest BCUT2D eigenvalue weighted by Gasteiger charge is -2.13. The molecule has 0 saturated heterocycles. The summed E-state index contributed by atoms with van der Waals surface area (Å²) in [7, 11) is 3.20. The minimum atomic E-state index is 0. The monoisotopic (exact) mass is 732 g/mol. The Labute approximate surface area is 313 Å². The number of nitrogens with zero attached hydrogens (tertiary/aromatic N) is 4. The molecule has 0 aliphatic heterocycles. The van der Waals surface area contributed by atoms with Gasteiger partial charge in [-0.05, 0) is 48.5 Å². The first kappa shape index (κ1) is 39.2. The number of hydrogen-bond donors (Lipinski definition) is 3. The molecule has 6 aromatic rings. The van der Waals surface area contributed by atoms with E-state index in [9.17, 15) is 5.11 Å². The molecule has 0 aliphatic rings. The van der Waals surface area contributed by atoms with Crippen molar-refractivity contribution in [2.45, 2.75) is 0 Å². The van der Waals surface area contributed by atoms with E-state index >= 15 is 0 Å². The van der Waals surface area contributed by atoms with Gasteiger partial charge in [0.1, 0.15) is 37.5 Å². The fourth-order valence-corrected chi connectivity index (χ4v) is 4.86. The number of nitrogens with one attached hydrogen (secondary N) is 2. The van der Waals surface area contributed by atoms with Crippen LogP contribution >= 0.6 is 12.4 Å². The Morgan fingerprint density at radius 1 is 0.679 bits per heavy atom. The van der Waals surface area contributed by atoms with E-state index in [0.29, 0.717) is 71.7 Å². The van der Waals surface area contributed by atoms with E-state index < -0.39 is 0 Å². The van der Waals surface area contributed by atoms with Crippen LogP contribution in [0.15, 0.2) is 98.3 Å². The van der Waals surface area contributed by atoms with Gasteiger partial charge in [0.05, 0.1) is 30.5 Å². The SMILES string of the molecule is C#Cc1cccc(Nc2ncnc3cc(OCCOC)c(O)cc23)c1.C#Cc1cccc(Nc2ncnc3cc(OCCOC)c(OC=C)cc23)c1.Cl. The molecule has 0 radical (unpaired) electrons. The van der Waals surface area contributed by atoms with Crippen LogP contribution in [0.2, 0.25) is 0 Å². The molecule has 270 valence electrons. The second-order valence-corrected chi connectivity index (χ2v) is 10.8. The first-order valence-corrected chi connectivity index (χ1v) is 15.9. The number of aromatic hydroxyl groups is 1. The molecule has 0 unspecified atom stereocenters. The number of aromatic nitrogens is 4. The third-order valence-electron chi connectivity index (χ3n) is 7.30. The van der Waals surface area contributed by atoms with Gasteiger partial charge in [-0.2, -0.15) is 0 Å². The van der Waals surface area contributed by atoms with E-state index in [1.165, 1.54) is 18.9 Å². The number of benzene rings is 4. The molecule has 0 fully saturated rings. The van der Waals surface area contributed by atoms with E-state index in [1.807, 2.05) is 54.6 Å². The molecule has 0 bridgehead atoms. The van der Waals surface area contributed by atoms with E-state index in [-0.39, 0.29) is 18.2 Å². The van der Waals surface area contributed by atoms with Gasteiger partial charge in [0.25, 0.3) is 0 Å². The van der Waals surface area contributed by atoms with E-state index in [0.717, 1.165) is 27.9 Å². The highest BCUT2D eigenvalue weighted by Gasteiger charge is 2.13. The molecular formula is C40H37ClN6O6. The molecule has 0 saturated carbocycles. The largest absolute Gasteiger partial charge is 0.504 e. The fourth-order valence-electron chi connectivity index (χ4n) is 4.86. The maximum atomic E-state index is 10.2. The van der Waals surface area contributed by atoms with Crippen LogP contribution in [-0.2, 0) is 9.47 Å². The summed E-state index contributed by atoms with van der Waals surface area (Å²) in [6.07, 6.45) is 15.2. The van der Waals surface area contributed by atoms with Gasteiger partial charge in [0.2, 0.25) is 0 Å². The summed E-state index contributed by atoms with van der Waals surface area (Å²) in [6, 6.07) is 21.8. The second-order valence-electron chi connectivity index (χ2n) is 10.8. The Morgan fingerprint density at radius 3 is 1.70 bits per heavy atom. The normalized spacial score (nSPS) is 10.1. The molecular weight excluding hydrogens is 696 g/mol. The Kier molecular flexibility index (Phi) is 14.6. The number of phenolic OH excluding ortho intramolecular Hbond substituents is 1. The van der Waals surface area contributed by atoms with Crippen molar-refractivity contribution in [1.82, 2.24) is 19.9 Å². The van der Waals surface area contributed by atoms with Crippen molar-refractivity contribution in [2.24, 2.45) is 0 Å². The Morgan fingerprint density at radius 2 is 1.19 bits per heavy atom. The van der Waals surface area contributed by atoms with Gasteiger partial charge in [-0.3, -0.25) is 0 Å². The molecule has 4 aromatic carbocycles. The van der Waals surface area contributed by atoms with Crippen LogP contribution in [0.5, 0.6) is 23.0 Å². The highest BCUT2D eigenvalue weighted by molar-refractivity contribution is 5.94. The summed E-state index contributed by atoms with van der Waals surface area (Å²) >= 11 is 0. The van der Waals surface area contributed by atoms with Gasteiger partial charge < -0.3 is 39.4 Å². The second kappa shape index (κ2) is 19.7. The summed E-state index contributed by atoms with van der Waals surface area (Å²) in [6.45, 7) is 5.24. The minimum Gasteiger partial charge on any atom is -0.504 e. The predicted octanol–water partition coefficient (Wildman–Crippen LogP) is 7.41. The summed E-state index contributed by atoms with van der Waals surface area (Å²) in [5.74, 6) is 7.84. The van der Waals surface area contributed by atoms with Crippen LogP contribution in [-0.4, -0.2) is 65.7 Å². The first-order chi connectivity index (χ1) is 25.5. The summed E-state index contributed by atoms with van der Waals surface area (Å²) in [5, 5.41) is 18.1. The molecule has 2 heterocycles. The van der Waals surface area contributed by atoms with Crippen molar-refractivity contribution in [1.29, 1.82) is 0 Å². The number of anilines is 4. The molecule has 12 nitrogen and oxygen atoms in total. The van der Waals surface area contributed by atoms with Gasteiger partial charge >= 0.3 is 0 Å². The van der Waals surface area contributed by atoms with Gasteiger partial charge in [-0.1, -0.05) is 30.6 Å². The number of phenols is 1. The zero-order valence-electron chi connectivity index (χ0n) is 29.0. The third-order valence-corrected chi connectivity index (χ3v) is 7.30. The van der Waals surface area contributed by atoms with Crippen molar-refractivity contribution in [2.75, 3.05) is 51.3 Å². The van der Waals surface area contributed by atoms with Crippen LogP contribution in [0.4, 0.5) is 23.0 Å². The van der Waals surface area contributed by atoms with Crippen molar-refractivity contribution in [3.8, 4) is 47.7 Å². The van der Waals surface area contributed by atoms with Crippen LogP contribution in [0.1, 0.15) is 11.1 Å². The lowest BCUT2D eigenvalue weighted by atomic mass is 10.2. The molecule has 0 spiro atoms. The topological polar surface area (TPSA) is 142 Å². The molecule has 2 aromatic heterocycles. The first-order valence-electron chi connectivity index (χ1n) is 15.9. The summed E-state index contributed by atoms with van der Waals surface area (Å²) < 4.78 is 26.7. The summed E-state index contributed by atoms with van der Waals surface area (Å²) in [5.41, 5.74) is 4.54. The van der Waals surface area contributed by atoms with Gasteiger partial charge in [0, 0.05) is 59.6 Å². The quantitative estimate of drug-likeness (QED) is 0.0583. The Bertz CT molecular complexity index is 2250. The molecule has 0 aliphatic carbocycles. The lowest BCUT2D eigenvalue weighted by molar-refractivity contribution is 0.144. The molecule has 13 heteroatoms. The maximum absolute atomic E-state index is 10.2. The van der Waals surface area contributed by atoms with Crippen LogP contribution < -0.4 is 24.8 Å². The van der Waals surface area contributed by atoms with Gasteiger partial charge in [-0.15, -0.1) is 25.3 Å². The molecule has 53 heavy (non-hydrogen) atoms. The highest BCUT2D eigenvalue weighted by atomic mass is 35.5. The third kappa shape index (κ3) is 10.5. The Hall–Kier alpha value is -6.57. The zero-order chi connectivity index (χ0) is 36.7. The number of rotatable bonds is 14. The van der Waals surface area contributed by atoms with Crippen LogP contribution in [0.25, 0.3) is 21.8 Å². The van der Waals surface area contributed by atoms with E-state index in [1.54, 1.807) is 32.4 Å². The number of terminal acetylenes is 2. The molecule has 3 N–H and O–H groups in total. The molecule has 6 rings (SSSR count). The van der Waals surface area contributed by atoms with Crippen LogP contribution in [0, 0.1) is 24.7 Å². The van der Waals surface area contributed by atoms with Crippen molar-refractivity contribution < 1.29 is 28.8 Å².